The summed E-state index contributed by atoms with van der Waals surface area (Å²) in [6.45, 7) is 0.816. The Kier molecular flexibility index (Phi) is 5.14. The first kappa shape index (κ1) is 15.9. The van der Waals surface area contributed by atoms with Crippen LogP contribution in [0.4, 0.5) is 0 Å². The summed E-state index contributed by atoms with van der Waals surface area (Å²) in [6, 6.07) is 1.86. The second kappa shape index (κ2) is 7.09. The fourth-order valence-electron chi connectivity index (χ4n) is 3.87. The molecule has 1 saturated heterocycles. The third-order valence-corrected chi connectivity index (χ3v) is 5.52. The zero-order valence-corrected chi connectivity index (χ0v) is 14.5. The number of rotatable bonds is 3. The summed E-state index contributed by atoms with van der Waals surface area (Å²) in [7, 11) is 0. The van der Waals surface area contributed by atoms with Crippen LogP contribution in [0.3, 0.4) is 0 Å². The molecule has 0 spiro atoms. The van der Waals surface area contributed by atoms with Crippen LogP contribution in [-0.2, 0) is 4.79 Å². The zero-order valence-electron chi connectivity index (χ0n) is 12.9. The molecule has 1 aliphatic carbocycles. The molecule has 4 nitrogen and oxygen atoms in total. The maximum atomic E-state index is 12.9. The summed E-state index contributed by atoms with van der Waals surface area (Å²) in [5, 5.41) is 0. The molecule has 1 aromatic heterocycles. The highest BCUT2D eigenvalue weighted by Crippen LogP contribution is 2.34. The summed E-state index contributed by atoms with van der Waals surface area (Å²) < 4.78 is 0.959. The molecule has 3 rings (SSSR count). The smallest absolute Gasteiger partial charge is 0.240 e. The molecule has 2 fully saturated rings. The molecule has 2 N–H and O–H groups in total. The van der Waals surface area contributed by atoms with E-state index < -0.39 is 0 Å². The van der Waals surface area contributed by atoms with Gasteiger partial charge >= 0.3 is 0 Å². The Morgan fingerprint density at radius 3 is 2.73 bits per heavy atom. The summed E-state index contributed by atoms with van der Waals surface area (Å²) in [5.41, 5.74) is 7.43. The van der Waals surface area contributed by atoms with Crippen LogP contribution < -0.4 is 5.73 Å². The van der Waals surface area contributed by atoms with Crippen LogP contribution in [0.5, 0.6) is 0 Å². The van der Waals surface area contributed by atoms with Crippen molar-refractivity contribution in [2.75, 3.05) is 6.54 Å². The predicted octanol–water partition coefficient (Wildman–Crippen LogP) is 3.42. The van der Waals surface area contributed by atoms with Gasteiger partial charge in [0.15, 0.2) is 0 Å². The van der Waals surface area contributed by atoms with E-state index in [1.165, 1.54) is 19.3 Å². The molecule has 120 valence electrons. The highest BCUT2D eigenvalue weighted by atomic mass is 79.9. The van der Waals surface area contributed by atoms with E-state index >= 15 is 0 Å². The summed E-state index contributed by atoms with van der Waals surface area (Å²) in [4.78, 5) is 19.1. The van der Waals surface area contributed by atoms with Gasteiger partial charge < -0.3 is 10.6 Å². The molecule has 2 aliphatic rings. The number of nitrogens with two attached hydrogens (primary N) is 1. The lowest BCUT2D eigenvalue weighted by Crippen LogP contribution is -2.48. The number of amides is 1. The Labute approximate surface area is 140 Å². The van der Waals surface area contributed by atoms with Gasteiger partial charge in [0.25, 0.3) is 0 Å². The number of likely N-dealkylation sites (tertiary alicyclic amines) is 1. The fourth-order valence-corrected chi connectivity index (χ4v) is 4.26. The molecule has 1 aliphatic heterocycles. The first-order chi connectivity index (χ1) is 10.7. The van der Waals surface area contributed by atoms with Crippen molar-refractivity contribution < 1.29 is 4.79 Å². The van der Waals surface area contributed by atoms with Crippen molar-refractivity contribution in [1.82, 2.24) is 9.88 Å². The third-order valence-electron chi connectivity index (χ3n) is 5.09. The van der Waals surface area contributed by atoms with Crippen molar-refractivity contribution in [3.05, 3.63) is 28.5 Å². The number of hydrogen-bond acceptors (Lipinski definition) is 3. The second-order valence-electron chi connectivity index (χ2n) is 6.55. The van der Waals surface area contributed by atoms with Crippen molar-refractivity contribution in [1.29, 1.82) is 0 Å². The molecular weight excluding hydrogens is 342 g/mol. The number of halogens is 1. The van der Waals surface area contributed by atoms with Crippen molar-refractivity contribution >= 4 is 21.8 Å². The van der Waals surface area contributed by atoms with Gasteiger partial charge in [-0.3, -0.25) is 9.78 Å². The molecular formula is C17H24BrN3O. The minimum atomic E-state index is -0.332. The topological polar surface area (TPSA) is 59.2 Å². The third kappa shape index (κ3) is 3.35. The van der Waals surface area contributed by atoms with Crippen LogP contribution in [0.15, 0.2) is 22.9 Å². The van der Waals surface area contributed by atoms with E-state index in [4.69, 9.17) is 5.73 Å². The Bertz CT molecular complexity index is 530. The van der Waals surface area contributed by atoms with Gasteiger partial charge in [0.1, 0.15) is 0 Å². The highest BCUT2D eigenvalue weighted by molar-refractivity contribution is 9.10. The average molecular weight is 366 g/mol. The molecule has 2 heterocycles. The van der Waals surface area contributed by atoms with E-state index in [-0.39, 0.29) is 18.0 Å². The Morgan fingerprint density at radius 2 is 2.00 bits per heavy atom. The molecule has 0 bridgehead atoms. The Morgan fingerprint density at radius 1 is 1.23 bits per heavy atom. The van der Waals surface area contributed by atoms with E-state index in [1.807, 2.05) is 11.1 Å². The Balaban J connectivity index is 1.73. The van der Waals surface area contributed by atoms with Crippen LogP contribution in [0.2, 0.25) is 0 Å². The molecule has 5 heteroatoms. The number of carbonyl (C=O) groups excluding carboxylic acids is 1. The van der Waals surface area contributed by atoms with Gasteiger partial charge in [0.05, 0.1) is 12.1 Å². The van der Waals surface area contributed by atoms with Gasteiger partial charge in [-0.2, -0.15) is 0 Å². The monoisotopic (exact) mass is 365 g/mol. The van der Waals surface area contributed by atoms with Gasteiger partial charge in [0, 0.05) is 23.4 Å². The number of carbonyl (C=O) groups is 1. The van der Waals surface area contributed by atoms with Crippen molar-refractivity contribution in [2.45, 2.75) is 57.0 Å². The van der Waals surface area contributed by atoms with Crippen LogP contribution in [-0.4, -0.2) is 28.4 Å². The summed E-state index contributed by atoms with van der Waals surface area (Å²) in [6.07, 6.45) is 11.6. The SMILES string of the molecule is N[C@H](C(=O)N1CCC[C@H]1c1cncc(Br)c1)C1CCCCC1. The van der Waals surface area contributed by atoms with E-state index in [0.29, 0.717) is 5.92 Å². The minimum Gasteiger partial charge on any atom is -0.334 e. The standard InChI is InChI=1S/C17H24BrN3O/c18-14-9-13(10-20-11-14)15-7-4-8-21(15)17(22)16(19)12-5-2-1-3-6-12/h9-12,15-16H,1-8,19H2/t15-,16-/m0/s1. The molecule has 1 aromatic rings. The van der Waals surface area contributed by atoms with E-state index in [0.717, 1.165) is 42.3 Å². The lowest BCUT2D eigenvalue weighted by atomic mass is 9.83. The van der Waals surface area contributed by atoms with Crippen molar-refractivity contribution in [2.24, 2.45) is 11.7 Å². The molecule has 1 saturated carbocycles. The van der Waals surface area contributed by atoms with E-state index in [2.05, 4.69) is 27.0 Å². The fraction of sp³-hybridized carbons (Fsp3) is 0.647. The Hall–Kier alpha value is -0.940. The maximum absolute atomic E-state index is 12.9. The summed E-state index contributed by atoms with van der Waals surface area (Å²) >= 11 is 3.47. The van der Waals surface area contributed by atoms with Crippen molar-refractivity contribution in [3.8, 4) is 0 Å². The van der Waals surface area contributed by atoms with Gasteiger partial charge in [-0.05, 0) is 59.2 Å². The minimum absolute atomic E-state index is 0.132. The van der Waals surface area contributed by atoms with E-state index in [1.54, 1.807) is 6.20 Å². The lowest BCUT2D eigenvalue weighted by molar-refractivity contribution is -0.135. The normalized spacial score (nSPS) is 24.5. The largest absolute Gasteiger partial charge is 0.334 e. The first-order valence-corrected chi connectivity index (χ1v) is 9.12. The van der Waals surface area contributed by atoms with Gasteiger partial charge in [-0.1, -0.05) is 19.3 Å². The lowest BCUT2D eigenvalue weighted by Gasteiger charge is -2.32. The van der Waals surface area contributed by atoms with Gasteiger partial charge in [-0.25, -0.2) is 0 Å². The van der Waals surface area contributed by atoms with Gasteiger partial charge in [-0.15, -0.1) is 0 Å². The quantitative estimate of drug-likeness (QED) is 0.892. The summed E-state index contributed by atoms with van der Waals surface area (Å²) in [5.74, 6) is 0.498. The van der Waals surface area contributed by atoms with Crippen LogP contribution in [0.25, 0.3) is 0 Å². The van der Waals surface area contributed by atoms with Crippen LogP contribution in [0, 0.1) is 5.92 Å². The molecule has 22 heavy (non-hydrogen) atoms. The van der Waals surface area contributed by atoms with E-state index in [9.17, 15) is 4.79 Å². The second-order valence-corrected chi connectivity index (χ2v) is 7.47. The molecule has 1 amide bonds. The molecule has 2 atom stereocenters. The number of pyridine rings is 1. The van der Waals surface area contributed by atoms with Crippen LogP contribution >= 0.6 is 15.9 Å². The maximum Gasteiger partial charge on any atom is 0.240 e. The number of aromatic nitrogens is 1. The average Bonchev–Trinajstić information content (AvgIpc) is 3.04. The number of hydrogen-bond donors (Lipinski definition) is 1. The molecule has 0 aromatic carbocycles. The van der Waals surface area contributed by atoms with Crippen molar-refractivity contribution in [3.63, 3.8) is 0 Å². The zero-order chi connectivity index (χ0) is 15.5. The first-order valence-electron chi connectivity index (χ1n) is 8.33. The van der Waals surface area contributed by atoms with Crippen LogP contribution in [0.1, 0.15) is 56.6 Å². The number of nitrogens with zero attached hydrogens (tertiary/aromatic N) is 2. The highest BCUT2D eigenvalue weighted by Gasteiger charge is 2.36. The predicted molar refractivity (Wildman–Crippen MR) is 90.2 cm³/mol. The van der Waals surface area contributed by atoms with Gasteiger partial charge in [0.2, 0.25) is 5.91 Å². The molecule has 0 unspecified atom stereocenters. The molecule has 0 radical (unpaired) electrons.